The first kappa shape index (κ1) is 20.0. The van der Waals surface area contributed by atoms with Crippen molar-refractivity contribution in [2.45, 2.75) is 50.4 Å². The standard InChI is InChI=1S/C19H23N5O3S2/c1-2-27-17(25)15-12(20-18(26)21-16(15)13-7-6-10-28-13)11-29-19-23-22-14-8-4-3-5-9-24(14)19/h6-7,10,16H,2-5,8-9,11H2,1H3,(H2,20,21,26)/t16-/m0/s1. The van der Waals surface area contributed by atoms with Gasteiger partial charge in [-0.25, -0.2) is 9.59 Å². The summed E-state index contributed by atoms with van der Waals surface area (Å²) >= 11 is 2.97. The van der Waals surface area contributed by atoms with Crippen molar-refractivity contribution in [2.24, 2.45) is 0 Å². The second kappa shape index (κ2) is 9.00. The van der Waals surface area contributed by atoms with Gasteiger partial charge in [0.15, 0.2) is 5.16 Å². The average molecular weight is 434 g/mol. The summed E-state index contributed by atoms with van der Waals surface area (Å²) in [5, 5.41) is 17.0. The van der Waals surface area contributed by atoms with Gasteiger partial charge in [-0.05, 0) is 31.2 Å². The molecule has 0 spiro atoms. The molecule has 0 unspecified atom stereocenters. The van der Waals surface area contributed by atoms with Crippen LogP contribution in [0.1, 0.15) is 42.9 Å². The molecule has 2 aromatic rings. The van der Waals surface area contributed by atoms with Crippen LogP contribution in [0.3, 0.4) is 0 Å². The van der Waals surface area contributed by atoms with Crippen molar-refractivity contribution in [2.75, 3.05) is 12.4 Å². The minimum absolute atomic E-state index is 0.269. The summed E-state index contributed by atoms with van der Waals surface area (Å²) in [5.74, 6) is 0.992. The van der Waals surface area contributed by atoms with E-state index in [0.717, 1.165) is 41.7 Å². The van der Waals surface area contributed by atoms with Crippen LogP contribution in [0.25, 0.3) is 0 Å². The summed E-state index contributed by atoms with van der Waals surface area (Å²) in [5.41, 5.74) is 0.999. The molecule has 10 heteroatoms. The molecule has 29 heavy (non-hydrogen) atoms. The zero-order valence-corrected chi connectivity index (χ0v) is 17.8. The maximum absolute atomic E-state index is 12.8. The first-order chi connectivity index (χ1) is 14.2. The smallest absolute Gasteiger partial charge is 0.338 e. The van der Waals surface area contributed by atoms with Crippen LogP contribution in [0, 0.1) is 0 Å². The summed E-state index contributed by atoms with van der Waals surface area (Å²) in [6.07, 6.45) is 4.36. The van der Waals surface area contributed by atoms with E-state index in [1.165, 1.54) is 29.5 Å². The van der Waals surface area contributed by atoms with Crippen molar-refractivity contribution in [3.05, 3.63) is 39.5 Å². The molecule has 2 amide bonds. The van der Waals surface area contributed by atoms with E-state index in [9.17, 15) is 9.59 Å². The van der Waals surface area contributed by atoms with Gasteiger partial charge in [-0.1, -0.05) is 24.2 Å². The van der Waals surface area contributed by atoms with E-state index < -0.39 is 12.0 Å². The largest absolute Gasteiger partial charge is 0.463 e. The molecular formula is C19H23N5O3S2. The molecule has 0 bridgehead atoms. The number of carbonyl (C=O) groups is 2. The molecule has 0 saturated carbocycles. The monoisotopic (exact) mass is 433 g/mol. The number of aryl methyl sites for hydroxylation is 1. The van der Waals surface area contributed by atoms with Gasteiger partial charge in [-0.2, -0.15) is 0 Å². The summed E-state index contributed by atoms with van der Waals surface area (Å²) < 4.78 is 7.45. The zero-order valence-electron chi connectivity index (χ0n) is 16.1. The van der Waals surface area contributed by atoms with E-state index in [4.69, 9.17) is 4.74 Å². The zero-order chi connectivity index (χ0) is 20.2. The van der Waals surface area contributed by atoms with E-state index in [0.29, 0.717) is 17.0 Å². The van der Waals surface area contributed by atoms with Crippen LogP contribution in [-0.2, 0) is 22.5 Å². The fourth-order valence-electron chi connectivity index (χ4n) is 3.55. The molecule has 1 atom stereocenters. The highest BCUT2D eigenvalue weighted by molar-refractivity contribution is 7.99. The van der Waals surface area contributed by atoms with E-state index in [1.807, 2.05) is 17.5 Å². The third kappa shape index (κ3) is 4.32. The Labute approximate surface area is 177 Å². The van der Waals surface area contributed by atoms with Crippen LogP contribution in [0.4, 0.5) is 4.79 Å². The Bertz CT molecular complexity index is 922. The number of rotatable bonds is 6. The van der Waals surface area contributed by atoms with E-state index in [2.05, 4.69) is 25.4 Å². The maximum Gasteiger partial charge on any atom is 0.338 e. The van der Waals surface area contributed by atoms with Crippen molar-refractivity contribution >= 4 is 35.1 Å². The molecule has 4 rings (SSSR count). The summed E-state index contributed by atoms with van der Waals surface area (Å²) in [4.78, 5) is 25.9. The van der Waals surface area contributed by atoms with Gasteiger partial charge in [0.1, 0.15) is 5.82 Å². The minimum atomic E-state index is -0.520. The number of carbonyl (C=O) groups excluding carboxylic acids is 2. The molecule has 8 nitrogen and oxygen atoms in total. The highest BCUT2D eigenvalue weighted by Gasteiger charge is 2.34. The first-order valence-corrected chi connectivity index (χ1v) is 11.6. The molecule has 0 aromatic carbocycles. The molecule has 2 N–H and O–H groups in total. The third-order valence-corrected chi connectivity index (χ3v) is 6.83. The van der Waals surface area contributed by atoms with Crippen molar-refractivity contribution in [3.8, 4) is 0 Å². The Morgan fingerprint density at radius 2 is 2.28 bits per heavy atom. The summed E-state index contributed by atoms with van der Waals surface area (Å²) in [7, 11) is 0. The highest BCUT2D eigenvalue weighted by Crippen LogP contribution is 2.33. The van der Waals surface area contributed by atoms with Crippen molar-refractivity contribution in [1.29, 1.82) is 0 Å². The second-order valence-corrected chi connectivity index (χ2v) is 8.73. The van der Waals surface area contributed by atoms with Crippen LogP contribution >= 0.6 is 23.1 Å². The topological polar surface area (TPSA) is 98.1 Å². The molecule has 0 saturated heterocycles. The number of urea groups is 1. The van der Waals surface area contributed by atoms with Crippen LogP contribution in [0.2, 0.25) is 0 Å². The van der Waals surface area contributed by atoms with E-state index in [1.54, 1.807) is 6.92 Å². The number of hydrogen-bond acceptors (Lipinski definition) is 7. The number of amides is 2. The Kier molecular flexibility index (Phi) is 6.19. The normalized spacial score (nSPS) is 19.2. The molecule has 0 fully saturated rings. The van der Waals surface area contributed by atoms with Gasteiger partial charge in [0.2, 0.25) is 0 Å². The third-order valence-electron chi connectivity index (χ3n) is 4.90. The van der Waals surface area contributed by atoms with Gasteiger partial charge >= 0.3 is 12.0 Å². The summed E-state index contributed by atoms with van der Waals surface area (Å²) in [6.45, 7) is 2.94. The molecule has 2 aromatic heterocycles. The minimum Gasteiger partial charge on any atom is -0.463 e. The van der Waals surface area contributed by atoms with Gasteiger partial charge < -0.3 is 19.9 Å². The van der Waals surface area contributed by atoms with Crippen LogP contribution in [0.5, 0.6) is 0 Å². The number of thiophene rings is 1. The van der Waals surface area contributed by atoms with Crippen LogP contribution in [0.15, 0.2) is 33.9 Å². The van der Waals surface area contributed by atoms with E-state index >= 15 is 0 Å². The van der Waals surface area contributed by atoms with Crippen LogP contribution < -0.4 is 10.6 Å². The first-order valence-electron chi connectivity index (χ1n) is 9.73. The number of aromatic nitrogens is 3. The SMILES string of the molecule is CCOC(=O)C1=C(CSc2nnc3n2CCCCC3)NC(=O)N[C@H]1c1cccs1. The van der Waals surface area contributed by atoms with Gasteiger partial charge in [0.25, 0.3) is 0 Å². The Morgan fingerprint density at radius 3 is 3.07 bits per heavy atom. The van der Waals surface area contributed by atoms with Gasteiger partial charge in [0, 0.05) is 29.3 Å². The predicted molar refractivity (Wildman–Crippen MR) is 111 cm³/mol. The molecule has 0 radical (unpaired) electrons. The fourth-order valence-corrected chi connectivity index (χ4v) is 5.29. The molecular weight excluding hydrogens is 410 g/mol. The van der Waals surface area contributed by atoms with Crippen molar-refractivity contribution < 1.29 is 14.3 Å². The number of nitrogens with zero attached hydrogens (tertiary/aromatic N) is 3. The fraction of sp³-hybridized carbons (Fsp3) is 0.474. The molecule has 154 valence electrons. The molecule has 0 aliphatic carbocycles. The van der Waals surface area contributed by atoms with Gasteiger partial charge in [-0.3, -0.25) is 0 Å². The lowest BCUT2D eigenvalue weighted by Gasteiger charge is -2.28. The highest BCUT2D eigenvalue weighted by atomic mass is 32.2. The second-order valence-electron chi connectivity index (χ2n) is 6.81. The molecule has 2 aliphatic heterocycles. The molecule has 4 heterocycles. The number of fused-ring (bicyclic) bond motifs is 1. The van der Waals surface area contributed by atoms with Crippen molar-refractivity contribution in [1.82, 2.24) is 25.4 Å². The quantitative estimate of drug-likeness (QED) is 0.537. The predicted octanol–water partition coefficient (Wildman–Crippen LogP) is 3.03. The van der Waals surface area contributed by atoms with Gasteiger partial charge in [0.05, 0.1) is 18.2 Å². The number of hydrogen-bond donors (Lipinski definition) is 2. The average Bonchev–Trinajstić information content (AvgIpc) is 3.31. The van der Waals surface area contributed by atoms with Gasteiger partial charge in [-0.15, -0.1) is 21.5 Å². The lowest BCUT2D eigenvalue weighted by atomic mass is 10.0. The summed E-state index contributed by atoms with van der Waals surface area (Å²) in [6, 6.07) is 2.96. The van der Waals surface area contributed by atoms with Crippen molar-refractivity contribution in [3.63, 3.8) is 0 Å². The number of esters is 1. The van der Waals surface area contributed by atoms with Crippen LogP contribution in [-0.4, -0.2) is 39.1 Å². The Hall–Kier alpha value is -2.33. The molecule has 2 aliphatic rings. The van der Waals surface area contributed by atoms with E-state index in [-0.39, 0.29) is 12.6 Å². The Morgan fingerprint density at radius 1 is 1.38 bits per heavy atom. The lowest BCUT2D eigenvalue weighted by Crippen LogP contribution is -2.46. The number of thioether (sulfide) groups is 1. The maximum atomic E-state index is 12.8. The number of nitrogens with one attached hydrogen (secondary N) is 2. The Balaban J connectivity index is 1.63. The lowest BCUT2D eigenvalue weighted by molar-refractivity contribution is -0.139. The number of ether oxygens (including phenoxy) is 1.